The Hall–Kier alpha value is -3.13. The summed E-state index contributed by atoms with van der Waals surface area (Å²) in [4.78, 5) is 6.66. The predicted octanol–water partition coefficient (Wildman–Crippen LogP) is 2.90. The van der Waals surface area contributed by atoms with Crippen LogP contribution >= 0.6 is 0 Å². The van der Waals surface area contributed by atoms with Crippen molar-refractivity contribution < 1.29 is 4.39 Å². The molecule has 0 amide bonds. The van der Waals surface area contributed by atoms with Gasteiger partial charge in [-0.05, 0) is 56.6 Å². The molecular formula is C22H22FN7. The highest BCUT2D eigenvalue weighted by Crippen LogP contribution is 2.39. The monoisotopic (exact) mass is 403 g/mol. The fourth-order valence-electron chi connectivity index (χ4n) is 4.77. The number of imidazole rings is 1. The molecule has 1 N–H and O–H groups in total. The number of nitrogens with one attached hydrogen (secondary N) is 1. The van der Waals surface area contributed by atoms with Crippen LogP contribution in [0.3, 0.4) is 0 Å². The van der Waals surface area contributed by atoms with Crippen molar-refractivity contribution in [2.45, 2.75) is 20.3 Å². The van der Waals surface area contributed by atoms with Gasteiger partial charge in [0.1, 0.15) is 5.82 Å². The minimum absolute atomic E-state index is 0.308. The van der Waals surface area contributed by atoms with Crippen LogP contribution < -0.4 is 10.2 Å². The summed E-state index contributed by atoms with van der Waals surface area (Å²) < 4.78 is 16.8. The molecule has 3 aromatic heterocycles. The van der Waals surface area contributed by atoms with Gasteiger partial charge in [-0.15, -0.1) is 10.2 Å². The lowest BCUT2D eigenvalue weighted by Gasteiger charge is -2.48. The van der Waals surface area contributed by atoms with Crippen LogP contribution in [0, 0.1) is 25.1 Å². The van der Waals surface area contributed by atoms with Crippen LogP contribution in [0.1, 0.15) is 17.7 Å². The van der Waals surface area contributed by atoms with E-state index >= 15 is 4.39 Å². The molecule has 30 heavy (non-hydrogen) atoms. The predicted molar refractivity (Wildman–Crippen MR) is 113 cm³/mol. The topological polar surface area (TPSA) is 71.2 Å². The van der Waals surface area contributed by atoms with Crippen LogP contribution in [0.5, 0.6) is 0 Å². The molecule has 4 aromatic rings. The molecule has 0 atom stereocenters. The fraction of sp³-hybridized carbons (Fsp3) is 0.364. The van der Waals surface area contributed by atoms with Crippen molar-refractivity contribution in [3.63, 3.8) is 0 Å². The minimum atomic E-state index is -0.308. The molecular weight excluding hydrogens is 381 g/mol. The Morgan fingerprint density at radius 3 is 2.77 bits per heavy atom. The maximum atomic E-state index is 15.1. The van der Waals surface area contributed by atoms with Crippen molar-refractivity contribution >= 4 is 22.4 Å². The van der Waals surface area contributed by atoms with E-state index in [0.717, 1.165) is 48.9 Å². The SMILES string of the molecule is Cc1cn2nc(-c3cc(F)c4cc(N5CC6(CCNC6)C5)nnc4c3)cc(C)c2n1. The Morgan fingerprint density at radius 1 is 1.10 bits per heavy atom. The smallest absolute Gasteiger partial charge is 0.156 e. The zero-order chi connectivity index (χ0) is 20.5. The highest BCUT2D eigenvalue weighted by molar-refractivity contribution is 5.86. The number of aryl methyl sites for hydroxylation is 2. The summed E-state index contributed by atoms with van der Waals surface area (Å²) >= 11 is 0. The van der Waals surface area contributed by atoms with Gasteiger partial charge in [-0.2, -0.15) is 5.10 Å². The summed E-state index contributed by atoms with van der Waals surface area (Å²) in [6, 6.07) is 7.13. The first kappa shape index (κ1) is 17.7. The van der Waals surface area contributed by atoms with Gasteiger partial charge in [-0.3, -0.25) is 0 Å². The van der Waals surface area contributed by atoms with Gasteiger partial charge in [-0.1, -0.05) is 0 Å². The van der Waals surface area contributed by atoms with Gasteiger partial charge in [0, 0.05) is 36.0 Å². The number of halogens is 1. The van der Waals surface area contributed by atoms with Crippen LogP contribution in [-0.2, 0) is 0 Å². The number of hydrogen-bond acceptors (Lipinski definition) is 6. The maximum absolute atomic E-state index is 15.1. The van der Waals surface area contributed by atoms with Gasteiger partial charge in [0.25, 0.3) is 0 Å². The Balaban J connectivity index is 1.37. The van der Waals surface area contributed by atoms with Crippen molar-refractivity contribution in [1.29, 1.82) is 0 Å². The lowest BCUT2D eigenvalue weighted by Crippen LogP contribution is -2.57. The Labute approximate surface area is 172 Å². The normalized spacial score (nSPS) is 17.9. The van der Waals surface area contributed by atoms with Crippen molar-refractivity contribution in [3.05, 3.63) is 47.5 Å². The van der Waals surface area contributed by atoms with Crippen LogP contribution in [-0.4, -0.2) is 51.0 Å². The molecule has 8 heteroatoms. The molecule has 1 aromatic carbocycles. The molecule has 7 nitrogen and oxygen atoms in total. The van der Waals surface area contributed by atoms with Crippen LogP contribution in [0.2, 0.25) is 0 Å². The molecule has 6 rings (SSSR count). The average molecular weight is 403 g/mol. The Bertz CT molecular complexity index is 1300. The second-order valence-electron chi connectivity index (χ2n) is 8.74. The van der Waals surface area contributed by atoms with Gasteiger partial charge < -0.3 is 10.2 Å². The molecule has 0 radical (unpaired) electrons. The number of fused-ring (bicyclic) bond motifs is 2. The third kappa shape index (κ3) is 2.67. The van der Waals surface area contributed by atoms with E-state index < -0.39 is 0 Å². The standard InChI is InChI=1S/C22H22FN7/c1-13-5-18(28-30-9-14(2)25-21(13)30)15-6-17(23)16-8-20(27-26-19(16)7-15)29-11-22(12-29)3-4-24-10-22/h5-9,24H,3-4,10-12H2,1-2H3. The quantitative estimate of drug-likeness (QED) is 0.555. The third-order valence-electron chi connectivity index (χ3n) is 6.38. The molecule has 152 valence electrons. The lowest BCUT2D eigenvalue weighted by molar-refractivity contribution is 0.241. The zero-order valence-electron chi connectivity index (χ0n) is 17.0. The van der Waals surface area contributed by atoms with Crippen molar-refractivity contribution in [1.82, 2.24) is 30.1 Å². The second-order valence-corrected chi connectivity index (χ2v) is 8.74. The largest absolute Gasteiger partial charge is 0.354 e. The maximum Gasteiger partial charge on any atom is 0.156 e. The van der Waals surface area contributed by atoms with E-state index in [0.29, 0.717) is 27.6 Å². The van der Waals surface area contributed by atoms with Gasteiger partial charge in [0.05, 0.1) is 23.1 Å². The number of benzene rings is 1. The van der Waals surface area contributed by atoms with Crippen LogP contribution in [0.15, 0.2) is 30.5 Å². The highest BCUT2D eigenvalue weighted by Gasteiger charge is 2.45. The Kier molecular flexibility index (Phi) is 3.65. The first-order chi connectivity index (χ1) is 14.5. The highest BCUT2D eigenvalue weighted by atomic mass is 19.1. The van der Waals surface area contributed by atoms with E-state index in [1.807, 2.05) is 38.2 Å². The van der Waals surface area contributed by atoms with Crippen LogP contribution in [0.4, 0.5) is 10.2 Å². The number of nitrogens with zero attached hydrogens (tertiary/aromatic N) is 6. The molecule has 0 unspecified atom stereocenters. The van der Waals surface area contributed by atoms with E-state index in [4.69, 9.17) is 0 Å². The summed E-state index contributed by atoms with van der Waals surface area (Å²) in [6.07, 6.45) is 3.06. The molecule has 2 aliphatic heterocycles. The number of anilines is 1. The Morgan fingerprint density at radius 2 is 1.97 bits per heavy atom. The minimum Gasteiger partial charge on any atom is -0.354 e. The van der Waals surface area contributed by atoms with E-state index in [1.165, 1.54) is 12.5 Å². The van der Waals surface area contributed by atoms with E-state index in [9.17, 15) is 0 Å². The summed E-state index contributed by atoms with van der Waals surface area (Å²) in [7, 11) is 0. The first-order valence-electron chi connectivity index (χ1n) is 10.3. The van der Waals surface area contributed by atoms with Gasteiger partial charge in [-0.25, -0.2) is 13.9 Å². The van der Waals surface area contributed by atoms with E-state index in [1.54, 1.807) is 4.52 Å². The summed E-state index contributed by atoms with van der Waals surface area (Å²) in [6.45, 7) is 7.94. The number of hydrogen-bond donors (Lipinski definition) is 1. The van der Waals surface area contributed by atoms with E-state index in [2.05, 4.69) is 30.5 Å². The molecule has 0 bridgehead atoms. The molecule has 5 heterocycles. The van der Waals surface area contributed by atoms with E-state index in [-0.39, 0.29) is 5.82 Å². The number of aromatic nitrogens is 5. The molecule has 0 aliphatic carbocycles. The molecule has 1 spiro atoms. The van der Waals surface area contributed by atoms with Gasteiger partial charge >= 0.3 is 0 Å². The second kappa shape index (κ2) is 6.18. The van der Waals surface area contributed by atoms with Gasteiger partial charge in [0.2, 0.25) is 0 Å². The molecule has 2 saturated heterocycles. The third-order valence-corrected chi connectivity index (χ3v) is 6.38. The molecule has 2 fully saturated rings. The van der Waals surface area contributed by atoms with Gasteiger partial charge in [0.15, 0.2) is 11.5 Å². The first-order valence-corrected chi connectivity index (χ1v) is 10.3. The van der Waals surface area contributed by atoms with Crippen molar-refractivity contribution in [3.8, 4) is 11.3 Å². The van der Waals surface area contributed by atoms with Crippen molar-refractivity contribution in [2.75, 3.05) is 31.1 Å². The molecule has 2 aliphatic rings. The number of rotatable bonds is 2. The lowest BCUT2D eigenvalue weighted by atomic mass is 9.79. The van der Waals surface area contributed by atoms with Crippen molar-refractivity contribution in [2.24, 2.45) is 5.41 Å². The molecule has 0 saturated carbocycles. The summed E-state index contributed by atoms with van der Waals surface area (Å²) in [5.41, 5.74) is 4.95. The average Bonchev–Trinajstić information content (AvgIpc) is 3.33. The summed E-state index contributed by atoms with van der Waals surface area (Å²) in [5.74, 6) is 0.439. The van der Waals surface area contributed by atoms with Crippen LogP contribution in [0.25, 0.3) is 27.8 Å². The fourth-order valence-corrected chi connectivity index (χ4v) is 4.77. The summed E-state index contributed by atoms with van der Waals surface area (Å²) in [5, 5.41) is 17.3. The zero-order valence-corrected chi connectivity index (χ0v) is 17.0.